The Hall–Kier alpha value is -2.44. The maximum absolute atomic E-state index is 12.6. The van der Waals surface area contributed by atoms with Gasteiger partial charge in [-0.05, 0) is 37.3 Å². The number of pyridine rings is 1. The molecule has 1 atom stereocenters. The van der Waals surface area contributed by atoms with E-state index in [1.165, 1.54) is 6.92 Å². The number of piperidine rings is 1. The van der Waals surface area contributed by atoms with Gasteiger partial charge >= 0.3 is 0 Å². The molecule has 2 aliphatic rings. The van der Waals surface area contributed by atoms with Crippen molar-refractivity contribution >= 4 is 23.4 Å². The Kier molecular flexibility index (Phi) is 6.42. The van der Waals surface area contributed by atoms with Crippen LogP contribution >= 0.6 is 0 Å². The van der Waals surface area contributed by atoms with Gasteiger partial charge in [0.15, 0.2) is 0 Å². The SMILES string of the molecule is CC(=O)C(=O)N1CCC[C@H](CCC(=O)N2CCN(c3ccccn3)CC2)C1. The normalized spacial score (nSPS) is 20.5. The maximum Gasteiger partial charge on any atom is 0.289 e. The summed E-state index contributed by atoms with van der Waals surface area (Å²) in [6, 6.07) is 5.87. The third-order valence-corrected chi connectivity index (χ3v) is 5.48. The van der Waals surface area contributed by atoms with E-state index < -0.39 is 11.7 Å². The summed E-state index contributed by atoms with van der Waals surface area (Å²) in [5.41, 5.74) is 0. The standard InChI is InChI=1S/C20H28N4O3/c1-16(25)20(27)24-10-4-5-17(15-24)7-8-19(26)23-13-11-22(12-14-23)18-6-2-3-9-21-18/h2-3,6,9,17H,4-5,7-8,10-15H2,1H3/t17-/m1/s1. The minimum absolute atomic E-state index is 0.186. The van der Waals surface area contributed by atoms with E-state index in [9.17, 15) is 14.4 Å². The first-order chi connectivity index (χ1) is 13.0. The summed E-state index contributed by atoms with van der Waals surface area (Å²) in [5, 5.41) is 0. The molecule has 7 heteroatoms. The van der Waals surface area contributed by atoms with E-state index in [2.05, 4.69) is 9.88 Å². The first-order valence-electron chi connectivity index (χ1n) is 9.78. The molecule has 2 amide bonds. The number of piperazine rings is 1. The fourth-order valence-corrected chi connectivity index (χ4v) is 3.92. The zero-order valence-electron chi connectivity index (χ0n) is 16.0. The van der Waals surface area contributed by atoms with Crippen molar-refractivity contribution in [3.8, 4) is 0 Å². The van der Waals surface area contributed by atoms with Gasteiger partial charge in [-0.3, -0.25) is 14.4 Å². The minimum atomic E-state index is -0.405. The highest BCUT2D eigenvalue weighted by molar-refractivity contribution is 6.35. The van der Waals surface area contributed by atoms with E-state index >= 15 is 0 Å². The Morgan fingerprint density at radius 1 is 1.07 bits per heavy atom. The number of likely N-dealkylation sites (tertiary alicyclic amines) is 1. The predicted octanol–water partition coefficient (Wildman–Crippen LogP) is 1.34. The van der Waals surface area contributed by atoms with E-state index in [1.54, 1.807) is 11.1 Å². The highest BCUT2D eigenvalue weighted by atomic mass is 16.2. The molecule has 0 N–H and O–H groups in total. The third-order valence-electron chi connectivity index (χ3n) is 5.48. The molecule has 0 aromatic carbocycles. The van der Waals surface area contributed by atoms with E-state index in [0.29, 0.717) is 25.4 Å². The summed E-state index contributed by atoms with van der Waals surface area (Å²) < 4.78 is 0. The summed E-state index contributed by atoms with van der Waals surface area (Å²) in [5.74, 6) is 0.655. The van der Waals surface area contributed by atoms with Crippen LogP contribution in [-0.4, -0.2) is 71.6 Å². The molecule has 3 heterocycles. The van der Waals surface area contributed by atoms with Gasteiger partial charge in [-0.25, -0.2) is 4.98 Å². The largest absolute Gasteiger partial charge is 0.353 e. The molecule has 2 fully saturated rings. The van der Waals surface area contributed by atoms with Crippen LogP contribution in [-0.2, 0) is 14.4 Å². The van der Waals surface area contributed by atoms with Gasteiger partial charge in [0.25, 0.3) is 5.91 Å². The second-order valence-corrected chi connectivity index (χ2v) is 7.41. The number of hydrogen-bond donors (Lipinski definition) is 0. The van der Waals surface area contributed by atoms with Gasteiger partial charge < -0.3 is 14.7 Å². The second kappa shape index (κ2) is 8.97. The molecule has 1 aromatic heterocycles. The summed E-state index contributed by atoms with van der Waals surface area (Å²) in [4.78, 5) is 45.9. The lowest BCUT2D eigenvalue weighted by molar-refractivity contribution is -0.144. The summed E-state index contributed by atoms with van der Waals surface area (Å²) in [6.07, 6.45) is 5.00. The van der Waals surface area contributed by atoms with Crippen molar-refractivity contribution in [2.45, 2.75) is 32.6 Å². The third kappa shape index (κ3) is 5.05. The molecule has 27 heavy (non-hydrogen) atoms. The fraction of sp³-hybridized carbons (Fsp3) is 0.600. The number of carbonyl (C=O) groups excluding carboxylic acids is 3. The Bertz CT molecular complexity index is 671. The lowest BCUT2D eigenvalue weighted by atomic mass is 9.93. The van der Waals surface area contributed by atoms with Crippen molar-refractivity contribution in [2.75, 3.05) is 44.2 Å². The van der Waals surface area contributed by atoms with Crippen molar-refractivity contribution in [1.82, 2.24) is 14.8 Å². The van der Waals surface area contributed by atoms with Crippen molar-refractivity contribution in [1.29, 1.82) is 0 Å². The summed E-state index contributed by atoms with van der Waals surface area (Å²) in [7, 11) is 0. The molecular weight excluding hydrogens is 344 g/mol. The van der Waals surface area contributed by atoms with Crippen molar-refractivity contribution < 1.29 is 14.4 Å². The molecule has 0 bridgehead atoms. The highest BCUT2D eigenvalue weighted by Gasteiger charge is 2.27. The summed E-state index contributed by atoms with van der Waals surface area (Å²) >= 11 is 0. The molecule has 0 radical (unpaired) electrons. The number of nitrogens with zero attached hydrogens (tertiary/aromatic N) is 4. The molecule has 0 unspecified atom stereocenters. The Morgan fingerprint density at radius 3 is 2.52 bits per heavy atom. The van der Waals surface area contributed by atoms with E-state index in [-0.39, 0.29) is 5.91 Å². The number of hydrogen-bond acceptors (Lipinski definition) is 5. The Balaban J connectivity index is 1.42. The predicted molar refractivity (Wildman–Crippen MR) is 102 cm³/mol. The molecule has 0 saturated carbocycles. The van der Waals surface area contributed by atoms with Crippen LogP contribution in [0.1, 0.15) is 32.6 Å². The molecule has 2 aliphatic heterocycles. The minimum Gasteiger partial charge on any atom is -0.353 e. The van der Waals surface area contributed by atoms with E-state index in [4.69, 9.17) is 0 Å². The van der Waals surface area contributed by atoms with Gasteiger partial charge in [0.1, 0.15) is 5.82 Å². The summed E-state index contributed by atoms with van der Waals surface area (Å²) in [6.45, 7) is 5.60. The number of Topliss-reactive ketones (excluding diaryl/α,β-unsaturated/α-hetero) is 1. The van der Waals surface area contributed by atoms with Crippen molar-refractivity contribution in [2.24, 2.45) is 5.92 Å². The van der Waals surface area contributed by atoms with E-state index in [1.807, 2.05) is 23.1 Å². The average Bonchev–Trinajstić information content (AvgIpc) is 2.72. The lowest BCUT2D eigenvalue weighted by Gasteiger charge is -2.36. The van der Waals surface area contributed by atoms with Crippen molar-refractivity contribution in [3.05, 3.63) is 24.4 Å². The number of anilines is 1. The average molecular weight is 372 g/mol. The van der Waals surface area contributed by atoms with Crippen LogP contribution in [0.4, 0.5) is 5.82 Å². The Morgan fingerprint density at radius 2 is 1.85 bits per heavy atom. The number of amides is 2. The molecular formula is C20H28N4O3. The van der Waals surface area contributed by atoms with Crippen LogP contribution in [0.2, 0.25) is 0 Å². The van der Waals surface area contributed by atoms with Gasteiger partial charge in [0.05, 0.1) is 0 Å². The van der Waals surface area contributed by atoms with Gasteiger partial charge in [-0.15, -0.1) is 0 Å². The van der Waals surface area contributed by atoms with Crippen molar-refractivity contribution in [3.63, 3.8) is 0 Å². The van der Waals surface area contributed by atoms with Crippen LogP contribution < -0.4 is 4.90 Å². The monoisotopic (exact) mass is 372 g/mol. The number of carbonyl (C=O) groups is 3. The van der Waals surface area contributed by atoms with Crippen LogP contribution in [0, 0.1) is 5.92 Å². The molecule has 146 valence electrons. The molecule has 0 spiro atoms. The first kappa shape index (κ1) is 19.3. The number of rotatable bonds is 5. The molecule has 3 rings (SSSR count). The quantitative estimate of drug-likeness (QED) is 0.729. The van der Waals surface area contributed by atoms with Gasteiger partial charge in [0, 0.05) is 58.8 Å². The van der Waals surface area contributed by atoms with Crippen LogP contribution in [0.5, 0.6) is 0 Å². The molecule has 2 saturated heterocycles. The molecule has 0 aliphatic carbocycles. The number of ketones is 1. The number of aromatic nitrogens is 1. The van der Waals surface area contributed by atoms with Gasteiger partial charge in [-0.2, -0.15) is 0 Å². The van der Waals surface area contributed by atoms with E-state index in [0.717, 1.165) is 51.3 Å². The first-order valence-corrected chi connectivity index (χ1v) is 9.78. The van der Waals surface area contributed by atoms with Crippen LogP contribution in [0.15, 0.2) is 24.4 Å². The zero-order chi connectivity index (χ0) is 19.2. The topological polar surface area (TPSA) is 73.8 Å². The van der Waals surface area contributed by atoms with Gasteiger partial charge in [-0.1, -0.05) is 6.07 Å². The van der Waals surface area contributed by atoms with Crippen LogP contribution in [0.25, 0.3) is 0 Å². The smallest absolute Gasteiger partial charge is 0.289 e. The Labute approximate surface area is 160 Å². The van der Waals surface area contributed by atoms with Gasteiger partial charge in [0.2, 0.25) is 11.7 Å². The molecule has 7 nitrogen and oxygen atoms in total. The lowest BCUT2D eigenvalue weighted by Crippen LogP contribution is -2.49. The molecule has 1 aromatic rings. The fourth-order valence-electron chi connectivity index (χ4n) is 3.92. The maximum atomic E-state index is 12.6. The highest BCUT2D eigenvalue weighted by Crippen LogP contribution is 2.22. The zero-order valence-corrected chi connectivity index (χ0v) is 16.0. The van der Waals surface area contributed by atoms with Crippen LogP contribution in [0.3, 0.4) is 0 Å². The second-order valence-electron chi connectivity index (χ2n) is 7.41.